The Morgan fingerprint density at radius 2 is 1.86 bits per heavy atom. The number of H-pyrrole nitrogens is 1. The molecule has 3 heterocycles. The van der Waals surface area contributed by atoms with E-state index in [1.54, 1.807) is 19.2 Å². The molecule has 1 amide bonds. The Kier molecular flexibility index (Phi) is 6.89. The first-order valence-electron chi connectivity index (χ1n) is 12.0. The molecule has 0 unspecified atom stereocenters. The minimum Gasteiger partial charge on any atom is -0.497 e. The van der Waals surface area contributed by atoms with Crippen molar-refractivity contribution in [2.24, 2.45) is 5.92 Å². The van der Waals surface area contributed by atoms with E-state index >= 15 is 0 Å². The van der Waals surface area contributed by atoms with Crippen molar-refractivity contribution in [3.8, 4) is 17.0 Å². The second kappa shape index (κ2) is 9.66. The summed E-state index contributed by atoms with van der Waals surface area (Å²) in [4.78, 5) is 34.3. The van der Waals surface area contributed by atoms with Gasteiger partial charge in [-0.05, 0) is 87.6 Å². The molecule has 1 saturated heterocycles. The second-order valence-corrected chi connectivity index (χ2v) is 11.9. The summed E-state index contributed by atoms with van der Waals surface area (Å²) in [6.07, 6.45) is 2.21. The minimum absolute atomic E-state index is 0.116. The van der Waals surface area contributed by atoms with Gasteiger partial charge in [0.2, 0.25) is 0 Å². The number of methoxy groups -OCH3 is 1. The highest BCUT2D eigenvalue weighted by Gasteiger charge is 2.39. The van der Waals surface area contributed by atoms with Crippen molar-refractivity contribution in [3.05, 3.63) is 69.6 Å². The number of aryl methyl sites for hydroxylation is 2. The maximum Gasteiger partial charge on any atom is 0.269 e. The molecule has 10 heteroatoms. The van der Waals surface area contributed by atoms with Gasteiger partial charge < -0.3 is 14.6 Å². The molecule has 4 rings (SSSR count). The van der Waals surface area contributed by atoms with Crippen LogP contribution in [-0.2, 0) is 10.0 Å². The van der Waals surface area contributed by atoms with Gasteiger partial charge in [-0.2, -0.15) is 0 Å². The van der Waals surface area contributed by atoms with E-state index in [2.05, 4.69) is 35.4 Å². The lowest BCUT2D eigenvalue weighted by Gasteiger charge is -2.34. The Morgan fingerprint density at radius 3 is 2.43 bits per heavy atom. The summed E-state index contributed by atoms with van der Waals surface area (Å²) in [6, 6.07) is 9.70. The Morgan fingerprint density at radius 1 is 1.19 bits per heavy atom. The van der Waals surface area contributed by atoms with Gasteiger partial charge in [0.1, 0.15) is 11.6 Å². The number of aromatic amines is 1. The second-order valence-electron chi connectivity index (χ2n) is 10.2. The highest BCUT2D eigenvalue weighted by atomic mass is 32.2. The molecule has 1 atom stereocenters. The number of rotatable bonds is 6. The predicted octanol–water partition coefficient (Wildman–Crippen LogP) is 3.81. The van der Waals surface area contributed by atoms with E-state index in [0.29, 0.717) is 24.0 Å². The van der Waals surface area contributed by atoms with Crippen LogP contribution in [0.25, 0.3) is 11.3 Å². The van der Waals surface area contributed by atoms with Gasteiger partial charge in [0.05, 0.1) is 18.4 Å². The van der Waals surface area contributed by atoms with Gasteiger partial charge in [-0.25, -0.2) is 18.1 Å². The summed E-state index contributed by atoms with van der Waals surface area (Å²) in [6.45, 7) is 10.9. The monoisotopic (exact) mass is 524 g/mol. The van der Waals surface area contributed by atoms with Crippen LogP contribution < -0.4 is 19.9 Å². The van der Waals surface area contributed by atoms with E-state index in [1.807, 2.05) is 26.0 Å². The molecule has 2 N–H and O–H groups in total. The molecule has 1 aromatic carbocycles. The first kappa shape index (κ1) is 26.4. The number of amides is 1. The van der Waals surface area contributed by atoms with Crippen LogP contribution in [0.15, 0.2) is 52.3 Å². The van der Waals surface area contributed by atoms with Crippen LogP contribution in [0, 0.1) is 19.8 Å². The number of carbonyl (C=O) groups excluding carboxylic acids is 1. The number of nitrogens with zero attached hydrogens (tertiary/aromatic N) is 2. The first-order valence-corrected chi connectivity index (χ1v) is 13.5. The average molecular weight is 525 g/mol. The van der Waals surface area contributed by atoms with Crippen LogP contribution in [0.5, 0.6) is 5.75 Å². The molecule has 1 aliphatic rings. The van der Waals surface area contributed by atoms with Gasteiger partial charge >= 0.3 is 0 Å². The summed E-state index contributed by atoms with van der Waals surface area (Å²) in [5.41, 5.74) is 2.52. The average Bonchev–Trinajstić information content (AvgIpc) is 3.09. The third-order valence-corrected chi connectivity index (χ3v) is 8.10. The number of sulfonamides is 1. The Balaban J connectivity index is 1.83. The number of nitrogens with one attached hydrogen (secondary N) is 2. The van der Waals surface area contributed by atoms with Crippen molar-refractivity contribution in [1.29, 1.82) is 0 Å². The minimum atomic E-state index is -4.41. The predicted molar refractivity (Wildman–Crippen MR) is 143 cm³/mol. The molecule has 0 aliphatic carbocycles. The third kappa shape index (κ3) is 5.11. The SMILES string of the molecule is COc1cc(C)c(-c2ccc(C(=O)NS(=O)(=O)c3ccc[nH]c3=O)c(N3C[C@@H](C)CC3(C)C)n2)c(C)c1. The van der Waals surface area contributed by atoms with Crippen molar-refractivity contribution in [1.82, 2.24) is 14.7 Å². The molecule has 37 heavy (non-hydrogen) atoms. The number of aromatic nitrogens is 2. The number of hydrogen-bond donors (Lipinski definition) is 2. The van der Waals surface area contributed by atoms with Gasteiger partial charge in [-0.3, -0.25) is 9.59 Å². The number of anilines is 1. The molecule has 1 aliphatic heterocycles. The number of benzene rings is 1. The number of carbonyl (C=O) groups is 1. The summed E-state index contributed by atoms with van der Waals surface area (Å²) in [5.74, 6) is 0.644. The van der Waals surface area contributed by atoms with Crippen LogP contribution >= 0.6 is 0 Å². The molecule has 0 bridgehead atoms. The van der Waals surface area contributed by atoms with Gasteiger partial charge in [-0.15, -0.1) is 0 Å². The Labute approximate surface area is 217 Å². The van der Waals surface area contributed by atoms with Crippen LogP contribution in [0.1, 0.15) is 48.7 Å². The van der Waals surface area contributed by atoms with Gasteiger partial charge in [-0.1, -0.05) is 6.92 Å². The fourth-order valence-electron chi connectivity index (χ4n) is 5.23. The zero-order valence-corrected chi connectivity index (χ0v) is 22.7. The topological polar surface area (TPSA) is 121 Å². The molecule has 1 fully saturated rings. The smallest absolute Gasteiger partial charge is 0.269 e. The highest BCUT2D eigenvalue weighted by Crippen LogP contribution is 2.39. The van der Waals surface area contributed by atoms with Gasteiger partial charge in [0.15, 0.2) is 4.90 Å². The summed E-state index contributed by atoms with van der Waals surface area (Å²) >= 11 is 0. The zero-order valence-electron chi connectivity index (χ0n) is 21.9. The van der Waals surface area contributed by atoms with E-state index in [-0.39, 0.29) is 11.1 Å². The first-order chi connectivity index (χ1) is 17.3. The normalized spacial score (nSPS) is 17.0. The van der Waals surface area contributed by atoms with E-state index in [9.17, 15) is 18.0 Å². The molecule has 0 spiro atoms. The van der Waals surface area contributed by atoms with Gasteiger partial charge in [0, 0.05) is 23.8 Å². The molecular weight excluding hydrogens is 492 g/mol. The maximum atomic E-state index is 13.4. The molecule has 0 radical (unpaired) electrons. The summed E-state index contributed by atoms with van der Waals surface area (Å²) in [7, 11) is -2.79. The molecule has 2 aromatic heterocycles. The highest BCUT2D eigenvalue weighted by molar-refractivity contribution is 7.90. The summed E-state index contributed by atoms with van der Waals surface area (Å²) < 4.78 is 33.2. The van der Waals surface area contributed by atoms with Crippen LogP contribution in [-0.4, -0.2) is 43.5 Å². The number of hydrogen-bond acceptors (Lipinski definition) is 7. The van der Waals surface area contributed by atoms with Crippen molar-refractivity contribution >= 4 is 21.7 Å². The van der Waals surface area contributed by atoms with E-state index in [4.69, 9.17) is 9.72 Å². The van der Waals surface area contributed by atoms with Crippen molar-refractivity contribution in [2.45, 2.75) is 51.5 Å². The van der Waals surface area contributed by atoms with Crippen molar-refractivity contribution < 1.29 is 17.9 Å². The molecular formula is C27H32N4O5S. The van der Waals surface area contributed by atoms with E-state index in [1.165, 1.54) is 12.3 Å². The lowest BCUT2D eigenvalue weighted by atomic mass is 9.96. The van der Waals surface area contributed by atoms with Crippen molar-refractivity contribution in [3.63, 3.8) is 0 Å². The lowest BCUT2D eigenvalue weighted by molar-refractivity contribution is 0.0981. The number of ether oxygens (including phenoxy) is 1. The van der Waals surface area contributed by atoms with Gasteiger partial charge in [0.25, 0.3) is 21.5 Å². The fourth-order valence-corrected chi connectivity index (χ4v) is 6.25. The number of pyridine rings is 2. The molecule has 9 nitrogen and oxygen atoms in total. The van der Waals surface area contributed by atoms with E-state index in [0.717, 1.165) is 34.9 Å². The molecule has 3 aromatic rings. The summed E-state index contributed by atoms with van der Waals surface area (Å²) in [5, 5.41) is 0. The van der Waals surface area contributed by atoms with Crippen LogP contribution in [0.3, 0.4) is 0 Å². The lowest BCUT2D eigenvalue weighted by Crippen LogP contribution is -2.41. The largest absolute Gasteiger partial charge is 0.497 e. The zero-order chi connectivity index (χ0) is 27.1. The molecule has 196 valence electrons. The standard InChI is InChI=1S/C27H32N4O5S/c1-16-14-27(4,5)31(15-16)24-20(25(32)30-37(34,35)22-8-7-11-28-26(22)33)9-10-21(29-24)23-17(2)12-19(36-6)13-18(23)3/h7-13,16H,14-15H2,1-6H3,(H,28,33)(H,30,32)/t16-/m0/s1. The Hall–Kier alpha value is -3.66. The third-order valence-electron chi connectivity index (χ3n) is 6.75. The van der Waals surface area contributed by atoms with E-state index < -0.39 is 26.4 Å². The van der Waals surface area contributed by atoms with Crippen molar-refractivity contribution in [2.75, 3.05) is 18.6 Å². The van der Waals surface area contributed by atoms with Crippen LogP contribution in [0.4, 0.5) is 5.82 Å². The van der Waals surface area contributed by atoms with Crippen LogP contribution in [0.2, 0.25) is 0 Å². The fraction of sp³-hybridized carbons (Fsp3) is 0.370. The maximum absolute atomic E-state index is 13.4. The quantitative estimate of drug-likeness (QED) is 0.503. The molecule has 0 saturated carbocycles. The Bertz CT molecular complexity index is 1500.